The van der Waals surface area contributed by atoms with E-state index in [1.54, 1.807) is 34.1 Å². The van der Waals surface area contributed by atoms with E-state index < -0.39 is 11.7 Å². The summed E-state index contributed by atoms with van der Waals surface area (Å²) >= 11 is 0. The second-order valence-corrected chi connectivity index (χ2v) is 7.77. The Bertz CT molecular complexity index is 928. The van der Waals surface area contributed by atoms with E-state index in [2.05, 4.69) is 0 Å². The molecule has 8 heteroatoms. The van der Waals surface area contributed by atoms with Gasteiger partial charge in [0.15, 0.2) is 0 Å². The molecule has 2 fully saturated rings. The lowest BCUT2D eigenvalue weighted by Gasteiger charge is -2.35. The molecule has 0 N–H and O–H groups in total. The standard InChI is InChI=1S/C23H23F3N2O3/c24-23(25,26)19-9-7-17(8-10-19)16-3-5-18(6-4-16)21(29)27-11-13-28(14-12-27)22(30)20-2-1-15-31-20/h3-10,20H,1-2,11-15H2/t20-/m0/s1. The topological polar surface area (TPSA) is 49.9 Å². The molecule has 2 aliphatic heterocycles. The van der Waals surface area contributed by atoms with Gasteiger partial charge in [0.2, 0.25) is 0 Å². The monoisotopic (exact) mass is 432 g/mol. The van der Waals surface area contributed by atoms with Crippen LogP contribution < -0.4 is 0 Å². The zero-order valence-corrected chi connectivity index (χ0v) is 16.9. The van der Waals surface area contributed by atoms with Gasteiger partial charge in [-0.15, -0.1) is 0 Å². The first-order valence-electron chi connectivity index (χ1n) is 10.3. The maximum atomic E-state index is 12.8. The minimum Gasteiger partial charge on any atom is -0.368 e. The summed E-state index contributed by atoms with van der Waals surface area (Å²) in [7, 11) is 0. The molecule has 0 saturated carbocycles. The molecule has 5 nitrogen and oxygen atoms in total. The average molecular weight is 432 g/mol. The van der Waals surface area contributed by atoms with Crippen LogP contribution in [0.2, 0.25) is 0 Å². The molecule has 0 bridgehead atoms. The second-order valence-electron chi connectivity index (χ2n) is 7.77. The van der Waals surface area contributed by atoms with Crippen molar-refractivity contribution in [2.24, 2.45) is 0 Å². The highest BCUT2D eigenvalue weighted by atomic mass is 19.4. The zero-order valence-electron chi connectivity index (χ0n) is 16.9. The molecule has 2 amide bonds. The lowest BCUT2D eigenvalue weighted by atomic mass is 10.0. The quantitative estimate of drug-likeness (QED) is 0.741. The van der Waals surface area contributed by atoms with Gasteiger partial charge in [-0.1, -0.05) is 24.3 Å². The van der Waals surface area contributed by atoms with E-state index >= 15 is 0 Å². The molecule has 0 aromatic heterocycles. The highest BCUT2D eigenvalue weighted by Gasteiger charge is 2.32. The van der Waals surface area contributed by atoms with Crippen molar-refractivity contribution in [1.29, 1.82) is 0 Å². The van der Waals surface area contributed by atoms with Crippen molar-refractivity contribution in [2.45, 2.75) is 25.1 Å². The van der Waals surface area contributed by atoms with E-state index in [4.69, 9.17) is 4.74 Å². The summed E-state index contributed by atoms with van der Waals surface area (Å²) in [6.45, 7) is 2.50. The van der Waals surface area contributed by atoms with E-state index in [1.165, 1.54) is 12.1 Å². The molecule has 31 heavy (non-hydrogen) atoms. The molecule has 164 valence electrons. The highest BCUT2D eigenvalue weighted by molar-refractivity contribution is 5.95. The van der Waals surface area contributed by atoms with E-state index in [0.717, 1.165) is 30.5 Å². The van der Waals surface area contributed by atoms with Crippen LogP contribution in [0, 0.1) is 0 Å². The average Bonchev–Trinajstić information content (AvgIpc) is 3.33. The van der Waals surface area contributed by atoms with Gasteiger partial charge in [0, 0.05) is 38.3 Å². The number of ether oxygens (including phenoxy) is 1. The third kappa shape index (κ3) is 4.74. The minimum atomic E-state index is -4.37. The largest absolute Gasteiger partial charge is 0.416 e. The molecule has 2 aliphatic rings. The van der Waals surface area contributed by atoms with Crippen LogP contribution in [0.1, 0.15) is 28.8 Å². The number of rotatable bonds is 3. The van der Waals surface area contributed by atoms with Crippen molar-refractivity contribution in [3.05, 3.63) is 59.7 Å². The number of alkyl halides is 3. The molecule has 0 spiro atoms. The molecular formula is C23H23F3N2O3. The van der Waals surface area contributed by atoms with Crippen molar-refractivity contribution < 1.29 is 27.5 Å². The number of carbonyl (C=O) groups excluding carboxylic acids is 2. The first kappa shape index (κ1) is 21.4. The minimum absolute atomic E-state index is 0.00509. The van der Waals surface area contributed by atoms with E-state index in [-0.39, 0.29) is 17.9 Å². The Labute approximate surface area is 178 Å². The maximum absolute atomic E-state index is 12.8. The molecule has 2 heterocycles. The fraction of sp³-hybridized carbons (Fsp3) is 0.391. The molecule has 2 saturated heterocycles. The number of amides is 2. The zero-order chi connectivity index (χ0) is 22.0. The Morgan fingerprint density at radius 1 is 0.839 bits per heavy atom. The Kier molecular flexibility index (Phi) is 6.00. The molecular weight excluding hydrogens is 409 g/mol. The molecule has 4 rings (SSSR count). The summed E-state index contributed by atoms with van der Waals surface area (Å²) < 4.78 is 43.6. The normalized spacial score (nSPS) is 19.5. The van der Waals surface area contributed by atoms with Gasteiger partial charge in [-0.2, -0.15) is 13.2 Å². The van der Waals surface area contributed by atoms with Crippen LogP contribution in [0.4, 0.5) is 13.2 Å². The van der Waals surface area contributed by atoms with E-state index in [1.807, 2.05) is 0 Å². The van der Waals surface area contributed by atoms with Gasteiger partial charge < -0.3 is 14.5 Å². The van der Waals surface area contributed by atoms with Gasteiger partial charge in [0.05, 0.1) is 5.56 Å². The molecule has 0 aliphatic carbocycles. The Morgan fingerprint density at radius 3 is 1.90 bits per heavy atom. The number of carbonyl (C=O) groups is 2. The van der Waals surface area contributed by atoms with Crippen LogP contribution in [-0.4, -0.2) is 60.5 Å². The number of piperazine rings is 1. The van der Waals surface area contributed by atoms with Gasteiger partial charge in [-0.3, -0.25) is 9.59 Å². The summed E-state index contributed by atoms with van der Waals surface area (Å²) in [5.74, 6) is -0.117. The van der Waals surface area contributed by atoms with Crippen molar-refractivity contribution in [3.63, 3.8) is 0 Å². The number of benzene rings is 2. The molecule has 0 unspecified atom stereocenters. The van der Waals surface area contributed by atoms with Crippen LogP contribution >= 0.6 is 0 Å². The molecule has 1 atom stereocenters. The predicted molar refractivity (Wildman–Crippen MR) is 108 cm³/mol. The smallest absolute Gasteiger partial charge is 0.368 e. The van der Waals surface area contributed by atoms with Crippen molar-refractivity contribution in [3.8, 4) is 11.1 Å². The summed E-state index contributed by atoms with van der Waals surface area (Å²) in [6.07, 6.45) is -3.06. The van der Waals surface area contributed by atoms with Crippen molar-refractivity contribution in [2.75, 3.05) is 32.8 Å². The van der Waals surface area contributed by atoms with Crippen LogP contribution in [0.15, 0.2) is 48.5 Å². The molecule has 2 aromatic rings. The van der Waals surface area contributed by atoms with Crippen LogP contribution in [0.3, 0.4) is 0 Å². The Balaban J connectivity index is 1.36. The molecule has 0 radical (unpaired) electrons. The van der Waals surface area contributed by atoms with Crippen LogP contribution in [-0.2, 0) is 15.7 Å². The number of hydrogen-bond acceptors (Lipinski definition) is 3. The van der Waals surface area contributed by atoms with Gasteiger partial charge in [0.25, 0.3) is 11.8 Å². The fourth-order valence-electron chi connectivity index (χ4n) is 3.95. The van der Waals surface area contributed by atoms with Crippen molar-refractivity contribution >= 4 is 11.8 Å². The first-order chi connectivity index (χ1) is 14.8. The fourth-order valence-corrected chi connectivity index (χ4v) is 3.95. The van der Waals surface area contributed by atoms with Gasteiger partial charge in [0.1, 0.15) is 6.10 Å². The van der Waals surface area contributed by atoms with Crippen molar-refractivity contribution in [1.82, 2.24) is 9.80 Å². The SMILES string of the molecule is O=C(c1ccc(-c2ccc(C(F)(F)F)cc2)cc1)N1CCN(C(=O)[C@@H]2CCCO2)CC1. The van der Waals surface area contributed by atoms with Gasteiger partial charge in [-0.05, 0) is 48.2 Å². The van der Waals surface area contributed by atoms with Crippen LogP contribution in [0.5, 0.6) is 0 Å². The van der Waals surface area contributed by atoms with E-state index in [0.29, 0.717) is 43.9 Å². The third-order valence-corrected chi connectivity index (χ3v) is 5.76. The van der Waals surface area contributed by atoms with Gasteiger partial charge >= 0.3 is 6.18 Å². The third-order valence-electron chi connectivity index (χ3n) is 5.76. The van der Waals surface area contributed by atoms with Crippen LogP contribution in [0.25, 0.3) is 11.1 Å². The number of halogens is 3. The predicted octanol–water partition coefficient (Wildman–Crippen LogP) is 3.84. The second kappa shape index (κ2) is 8.70. The summed E-state index contributed by atoms with van der Waals surface area (Å²) in [5, 5.41) is 0. The number of nitrogens with zero attached hydrogens (tertiary/aromatic N) is 2. The summed E-state index contributed by atoms with van der Waals surface area (Å²) in [4.78, 5) is 28.7. The van der Waals surface area contributed by atoms with E-state index in [9.17, 15) is 22.8 Å². The highest BCUT2D eigenvalue weighted by Crippen LogP contribution is 2.31. The lowest BCUT2D eigenvalue weighted by Crippen LogP contribution is -2.52. The Morgan fingerprint density at radius 2 is 1.39 bits per heavy atom. The number of hydrogen-bond donors (Lipinski definition) is 0. The lowest BCUT2D eigenvalue weighted by molar-refractivity contribution is -0.142. The molecule has 2 aromatic carbocycles. The first-order valence-corrected chi connectivity index (χ1v) is 10.3. The summed E-state index contributed by atoms with van der Waals surface area (Å²) in [5.41, 5.74) is 1.19. The van der Waals surface area contributed by atoms with Gasteiger partial charge in [-0.25, -0.2) is 0 Å². The maximum Gasteiger partial charge on any atom is 0.416 e. The summed E-state index contributed by atoms with van der Waals surface area (Å²) in [6, 6.07) is 11.8. The Hall–Kier alpha value is -2.87.